The van der Waals surface area contributed by atoms with Gasteiger partial charge in [0.25, 0.3) is 0 Å². The monoisotopic (exact) mass is 424 g/mol. The van der Waals surface area contributed by atoms with E-state index in [2.05, 4.69) is 58.7 Å². The van der Waals surface area contributed by atoms with Crippen LogP contribution in [0, 0.1) is 0 Å². The molecule has 1 aliphatic carbocycles. The van der Waals surface area contributed by atoms with Crippen molar-refractivity contribution in [3.8, 4) is 0 Å². The van der Waals surface area contributed by atoms with Crippen LogP contribution in [0.1, 0.15) is 48.5 Å². The Hall–Kier alpha value is -2.48. The Morgan fingerprint density at radius 2 is 2.23 bits per heavy atom. The topological polar surface area (TPSA) is 69.5 Å². The van der Waals surface area contributed by atoms with Crippen LogP contribution in [-0.4, -0.2) is 63.2 Å². The molecular formula is C24H36N6O. The number of nitrogens with one attached hydrogen (secondary N) is 1. The molecule has 0 unspecified atom stereocenters. The molecule has 3 rings (SSSR count). The van der Waals surface area contributed by atoms with Gasteiger partial charge >= 0.3 is 0 Å². The van der Waals surface area contributed by atoms with Crippen molar-refractivity contribution in [2.45, 2.75) is 45.4 Å². The number of pyridine rings is 1. The van der Waals surface area contributed by atoms with Crippen LogP contribution in [0.4, 0.5) is 0 Å². The number of rotatable bonds is 11. The van der Waals surface area contributed by atoms with Crippen molar-refractivity contribution in [2.75, 3.05) is 33.7 Å². The molecule has 2 aromatic heterocycles. The van der Waals surface area contributed by atoms with Crippen LogP contribution in [0.15, 0.2) is 43.4 Å². The fraction of sp³-hybridized carbons (Fsp3) is 0.500. The minimum Gasteiger partial charge on any atom is -0.390 e. The Morgan fingerprint density at radius 1 is 1.39 bits per heavy atom. The number of hydrogen-bond acceptors (Lipinski definition) is 6. The normalized spacial score (nSPS) is 16.6. The van der Waals surface area contributed by atoms with Gasteiger partial charge in [-0.25, -0.2) is 4.98 Å². The molecule has 0 aliphatic heterocycles. The summed E-state index contributed by atoms with van der Waals surface area (Å²) in [4.78, 5) is 13.9. The fourth-order valence-electron chi connectivity index (χ4n) is 4.15. The van der Waals surface area contributed by atoms with E-state index in [9.17, 15) is 5.11 Å². The number of aryl methyl sites for hydroxylation is 1. The zero-order valence-electron chi connectivity index (χ0n) is 19.1. The maximum absolute atomic E-state index is 10.2. The highest BCUT2D eigenvalue weighted by Gasteiger charge is 2.26. The summed E-state index contributed by atoms with van der Waals surface area (Å²) >= 11 is 0. The van der Waals surface area contributed by atoms with Crippen LogP contribution in [0.2, 0.25) is 0 Å². The van der Waals surface area contributed by atoms with Crippen molar-refractivity contribution in [1.82, 2.24) is 29.7 Å². The number of likely N-dealkylation sites (N-methyl/N-ethyl adjacent to an activating group) is 1. The van der Waals surface area contributed by atoms with Gasteiger partial charge in [0.2, 0.25) is 0 Å². The van der Waals surface area contributed by atoms with Gasteiger partial charge in [-0.1, -0.05) is 25.6 Å². The summed E-state index contributed by atoms with van der Waals surface area (Å²) in [5, 5.41) is 13.6. The molecule has 31 heavy (non-hydrogen) atoms. The van der Waals surface area contributed by atoms with E-state index in [-0.39, 0.29) is 12.6 Å². The number of aliphatic hydroxyl groups excluding tert-OH is 1. The van der Waals surface area contributed by atoms with Gasteiger partial charge in [-0.05, 0) is 57.6 Å². The van der Waals surface area contributed by atoms with Crippen molar-refractivity contribution in [3.63, 3.8) is 0 Å². The number of hydrogen-bond donors (Lipinski definition) is 2. The van der Waals surface area contributed by atoms with Gasteiger partial charge in [0.15, 0.2) is 0 Å². The predicted octanol–water partition coefficient (Wildman–Crippen LogP) is 2.81. The molecule has 2 heterocycles. The van der Waals surface area contributed by atoms with Gasteiger partial charge in [0.05, 0.1) is 29.7 Å². The molecule has 1 atom stereocenters. The summed E-state index contributed by atoms with van der Waals surface area (Å²) in [6, 6.07) is 4.47. The van der Waals surface area contributed by atoms with Crippen LogP contribution in [0.5, 0.6) is 0 Å². The standard InChI is InChI=1S/C24H36N6O/c1-5-9-23(25-14-15-28(3)6-2)30-18-27-20(22(30)17-31)16-29(4)21-12-7-10-19-11-8-13-26-24(19)21/h5,8-9,11,13,18,21,25,31H,1,6-7,10,12,14-17H2,2-4H3/b23-9-/t21-/m0/s1. The molecule has 0 amide bonds. The number of fused-ring (bicyclic) bond motifs is 1. The van der Waals surface area contributed by atoms with Gasteiger partial charge in [0, 0.05) is 25.8 Å². The number of aliphatic hydroxyl groups is 1. The van der Waals surface area contributed by atoms with Crippen molar-refractivity contribution in [2.24, 2.45) is 0 Å². The minimum atomic E-state index is -0.0757. The summed E-state index contributed by atoms with van der Waals surface area (Å²) in [6.07, 6.45) is 10.7. The smallest absolute Gasteiger partial charge is 0.111 e. The summed E-state index contributed by atoms with van der Waals surface area (Å²) < 4.78 is 1.93. The zero-order chi connectivity index (χ0) is 22.2. The van der Waals surface area contributed by atoms with E-state index in [0.29, 0.717) is 6.54 Å². The zero-order valence-corrected chi connectivity index (χ0v) is 19.1. The van der Waals surface area contributed by atoms with Gasteiger partial charge in [-0.2, -0.15) is 0 Å². The molecule has 7 nitrogen and oxygen atoms in total. The maximum Gasteiger partial charge on any atom is 0.111 e. The Bertz CT molecular complexity index is 890. The second-order valence-electron chi connectivity index (χ2n) is 8.15. The van der Waals surface area contributed by atoms with E-state index >= 15 is 0 Å². The van der Waals surface area contributed by atoms with Gasteiger partial charge in [-0.3, -0.25) is 14.5 Å². The molecule has 0 fully saturated rings. The first-order valence-electron chi connectivity index (χ1n) is 11.1. The first-order chi connectivity index (χ1) is 15.1. The highest BCUT2D eigenvalue weighted by Crippen LogP contribution is 2.32. The lowest BCUT2D eigenvalue weighted by atomic mass is 9.91. The lowest BCUT2D eigenvalue weighted by molar-refractivity contribution is 0.203. The summed E-state index contributed by atoms with van der Waals surface area (Å²) in [5.74, 6) is 0.870. The van der Waals surface area contributed by atoms with Crippen LogP contribution in [0.3, 0.4) is 0 Å². The molecule has 2 aromatic rings. The fourth-order valence-corrected chi connectivity index (χ4v) is 4.15. The van der Waals surface area contributed by atoms with E-state index in [0.717, 1.165) is 56.1 Å². The average Bonchev–Trinajstić information content (AvgIpc) is 3.20. The van der Waals surface area contributed by atoms with Crippen LogP contribution in [-0.2, 0) is 19.6 Å². The number of aromatic nitrogens is 3. The predicted molar refractivity (Wildman–Crippen MR) is 125 cm³/mol. The van der Waals surface area contributed by atoms with E-state index in [4.69, 9.17) is 0 Å². The molecule has 0 bridgehead atoms. The summed E-state index contributed by atoms with van der Waals surface area (Å²) in [5.41, 5.74) is 4.20. The lowest BCUT2D eigenvalue weighted by Gasteiger charge is -2.32. The van der Waals surface area contributed by atoms with Crippen molar-refractivity contribution >= 4 is 5.82 Å². The molecule has 0 saturated carbocycles. The van der Waals surface area contributed by atoms with Crippen molar-refractivity contribution in [1.29, 1.82) is 0 Å². The van der Waals surface area contributed by atoms with Crippen molar-refractivity contribution in [3.05, 3.63) is 66.0 Å². The maximum atomic E-state index is 10.2. The number of nitrogens with zero attached hydrogens (tertiary/aromatic N) is 5. The molecule has 7 heteroatoms. The number of allylic oxidation sites excluding steroid dienone is 2. The lowest BCUT2D eigenvalue weighted by Crippen LogP contribution is -2.30. The van der Waals surface area contributed by atoms with Gasteiger partial charge in [-0.15, -0.1) is 0 Å². The highest BCUT2D eigenvalue weighted by molar-refractivity contribution is 5.48. The Balaban J connectivity index is 1.76. The Morgan fingerprint density at radius 3 is 2.97 bits per heavy atom. The van der Waals surface area contributed by atoms with Gasteiger partial charge < -0.3 is 15.3 Å². The Labute approximate surface area is 186 Å². The first kappa shape index (κ1) is 23.2. The minimum absolute atomic E-state index is 0.0757. The van der Waals surface area contributed by atoms with Gasteiger partial charge in [0.1, 0.15) is 12.1 Å². The Kier molecular flexibility index (Phi) is 8.40. The summed E-state index contributed by atoms with van der Waals surface area (Å²) in [7, 11) is 4.22. The third-order valence-corrected chi connectivity index (χ3v) is 6.07. The largest absolute Gasteiger partial charge is 0.390 e. The molecule has 0 spiro atoms. The average molecular weight is 425 g/mol. The van der Waals surface area contributed by atoms with Crippen LogP contribution < -0.4 is 5.32 Å². The SMILES string of the molecule is C=C/C=C(/NCCN(C)CC)n1cnc(CN(C)[C@H]2CCCc3cccnc32)c1CO. The first-order valence-corrected chi connectivity index (χ1v) is 11.1. The second-order valence-corrected chi connectivity index (χ2v) is 8.15. The second kappa shape index (κ2) is 11.2. The molecular weight excluding hydrogens is 388 g/mol. The van der Waals surface area contributed by atoms with E-state index in [1.807, 2.05) is 22.9 Å². The molecule has 168 valence electrons. The molecule has 2 N–H and O–H groups in total. The van der Waals surface area contributed by atoms with E-state index in [1.165, 1.54) is 11.3 Å². The van der Waals surface area contributed by atoms with Crippen molar-refractivity contribution < 1.29 is 5.11 Å². The highest BCUT2D eigenvalue weighted by atomic mass is 16.3. The molecule has 0 radical (unpaired) electrons. The molecule has 0 aromatic carbocycles. The van der Waals surface area contributed by atoms with E-state index in [1.54, 1.807) is 12.4 Å². The summed E-state index contributed by atoms with van der Waals surface area (Å²) in [6.45, 7) is 9.29. The molecule has 1 aliphatic rings. The molecule has 0 saturated heterocycles. The van der Waals surface area contributed by atoms with Crippen LogP contribution >= 0.6 is 0 Å². The number of imidazole rings is 1. The van der Waals surface area contributed by atoms with E-state index < -0.39 is 0 Å². The quantitative estimate of drug-likeness (QED) is 0.541. The van der Waals surface area contributed by atoms with Crippen LogP contribution in [0.25, 0.3) is 5.82 Å². The third-order valence-electron chi connectivity index (χ3n) is 6.07. The third kappa shape index (κ3) is 5.61.